The Kier molecular flexibility index (Phi) is 5.47. The topological polar surface area (TPSA) is 64.8 Å². The van der Waals surface area contributed by atoms with E-state index in [2.05, 4.69) is 0 Å². The second-order valence-corrected chi connectivity index (χ2v) is 4.16. The summed E-state index contributed by atoms with van der Waals surface area (Å²) in [6.45, 7) is 0. The van der Waals surface area contributed by atoms with E-state index >= 15 is 0 Å². The molecule has 1 aromatic rings. The number of nitrogens with zero attached hydrogens (tertiary/aromatic N) is 2. The molecule has 0 saturated carbocycles. The second-order valence-electron chi connectivity index (χ2n) is 4.16. The average Bonchev–Trinajstić information content (AvgIpc) is 2.38. The SMILES string of the molecule is COC(OC)c1ccc(/C=C/N(C)C)c([N+](=O)[O-])c1. The highest BCUT2D eigenvalue weighted by Gasteiger charge is 2.17. The van der Waals surface area contributed by atoms with Crippen molar-refractivity contribution >= 4 is 11.8 Å². The summed E-state index contributed by atoms with van der Waals surface area (Å²) >= 11 is 0. The van der Waals surface area contributed by atoms with Gasteiger partial charge in [0.25, 0.3) is 5.69 Å². The molecule has 0 atom stereocenters. The number of nitro benzene ring substituents is 1. The fourth-order valence-corrected chi connectivity index (χ4v) is 1.60. The van der Waals surface area contributed by atoms with E-state index in [4.69, 9.17) is 9.47 Å². The summed E-state index contributed by atoms with van der Waals surface area (Å²) in [6, 6.07) is 4.89. The fourth-order valence-electron chi connectivity index (χ4n) is 1.60. The van der Waals surface area contributed by atoms with E-state index in [-0.39, 0.29) is 5.69 Å². The van der Waals surface area contributed by atoms with Crippen molar-refractivity contribution in [2.75, 3.05) is 28.3 Å². The molecule has 0 aromatic heterocycles. The van der Waals surface area contributed by atoms with Crippen molar-refractivity contribution in [1.82, 2.24) is 4.90 Å². The van der Waals surface area contributed by atoms with Crippen LogP contribution in [0, 0.1) is 10.1 Å². The molecule has 0 unspecified atom stereocenters. The van der Waals surface area contributed by atoms with Gasteiger partial charge in [-0.1, -0.05) is 6.07 Å². The molecule has 6 nitrogen and oxygen atoms in total. The number of benzene rings is 1. The molecular formula is C13H18N2O4. The Balaban J connectivity index is 3.18. The standard InChI is InChI=1S/C13H18N2O4/c1-14(2)8-7-10-5-6-11(13(18-3)19-4)9-12(10)15(16)17/h5-9,13H,1-4H3/b8-7+. The van der Waals surface area contributed by atoms with E-state index in [1.165, 1.54) is 20.3 Å². The number of nitro groups is 1. The Labute approximate surface area is 112 Å². The van der Waals surface area contributed by atoms with Gasteiger partial charge >= 0.3 is 0 Å². The van der Waals surface area contributed by atoms with Crippen LogP contribution in [0.25, 0.3) is 6.08 Å². The maximum absolute atomic E-state index is 11.1. The lowest BCUT2D eigenvalue weighted by Crippen LogP contribution is -2.05. The highest BCUT2D eigenvalue weighted by Crippen LogP contribution is 2.26. The summed E-state index contributed by atoms with van der Waals surface area (Å²) in [4.78, 5) is 12.5. The summed E-state index contributed by atoms with van der Waals surface area (Å²) in [5.41, 5.74) is 1.17. The van der Waals surface area contributed by atoms with Crippen LogP contribution in [-0.4, -0.2) is 38.1 Å². The molecular weight excluding hydrogens is 248 g/mol. The summed E-state index contributed by atoms with van der Waals surface area (Å²) in [6.07, 6.45) is 2.84. The van der Waals surface area contributed by atoms with E-state index in [0.29, 0.717) is 11.1 Å². The molecule has 0 saturated heterocycles. The van der Waals surface area contributed by atoms with Crippen LogP contribution in [0.1, 0.15) is 17.4 Å². The molecule has 0 aliphatic rings. The van der Waals surface area contributed by atoms with Crippen molar-refractivity contribution in [3.63, 3.8) is 0 Å². The first-order valence-electron chi connectivity index (χ1n) is 5.68. The molecule has 0 N–H and O–H groups in total. The summed E-state index contributed by atoms with van der Waals surface area (Å²) in [5, 5.41) is 11.1. The Bertz CT molecular complexity index is 468. The first-order valence-corrected chi connectivity index (χ1v) is 5.68. The van der Waals surface area contributed by atoms with Gasteiger partial charge in [0.1, 0.15) is 0 Å². The van der Waals surface area contributed by atoms with Gasteiger partial charge in [-0.2, -0.15) is 0 Å². The van der Waals surface area contributed by atoms with E-state index in [9.17, 15) is 10.1 Å². The van der Waals surface area contributed by atoms with E-state index in [1.54, 1.807) is 24.4 Å². The first-order chi connectivity index (χ1) is 8.99. The molecule has 1 aromatic carbocycles. The van der Waals surface area contributed by atoms with Gasteiger partial charge in [0.2, 0.25) is 0 Å². The van der Waals surface area contributed by atoms with Crippen LogP contribution in [0.4, 0.5) is 5.69 Å². The molecule has 19 heavy (non-hydrogen) atoms. The Morgan fingerprint density at radius 1 is 1.32 bits per heavy atom. The minimum absolute atomic E-state index is 0.0229. The van der Waals surface area contributed by atoms with Crippen molar-refractivity contribution in [2.24, 2.45) is 0 Å². The molecule has 1 rings (SSSR count). The molecule has 104 valence electrons. The zero-order valence-electron chi connectivity index (χ0n) is 11.5. The van der Waals surface area contributed by atoms with Crippen molar-refractivity contribution in [2.45, 2.75) is 6.29 Å². The monoisotopic (exact) mass is 266 g/mol. The maximum Gasteiger partial charge on any atom is 0.277 e. The van der Waals surface area contributed by atoms with E-state index in [0.717, 1.165) is 0 Å². The zero-order valence-corrected chi connectivity index (χ0v) is 11.5. The van der Waals surface area contributed by atoms with Crippen molar-refractivity contribution in [3.8, 4) is 0 Å². The van der Waals surface area contributed by atoms with Gasteiger partial charge in [0, 0.05) is 39.9 Å². The van der Waals surface area contributed by atoms with Crippen LogP contribution >= 0.6 is 0 Å². The van der Waals surface area contributed by atoms with Gasteiger partial charge in [-0.15, -0.1) is 0 Å². The number of hydrogen-bond acceptors (Lipinski definition) is 5. The molecule has 0 bridgehead atoms. The van der Waals surface area contributed by atoms with Crippen LogP contribution in [0.15, 0.2) is 24.4 Å². The predicted molar refractivity (Wildman–Crippen MR) is 72.6 cm³/mol. The Morgan fingerprint density at radius 2 is 1.95 bits per heavy atom. The van der Waals surface area contributed by atoms with Gasteiger partial charge < -0.3 is 14.4 Å². The van der Waals surface area contributed by atoms with Crippen LogP contribution in [-0.2, 0) is 9.47 Å². The number of ether oxygens (including phenoxy) is 2. The lowest BCUT2D eigenvalue weighted by molar-refractivity contribution is -0.385. The second kappa shape index (κ2) is 6.86. The van der Waals surface area contributed by atoms with Crippen LogP contribution < -0.4 is 0 Å². The molecule has 0 aliphatic heterocycles. The highest BCUT2D eigenvalue weighted by molar-refractivity contribution is 5.61. The molecule has 0 aliphatic carbocycles. The van der Waals surface area contributed by atoms with Crippen molar-refractivity contribution in [3.05, 3.63) is 45.6 Å². The van der Waals surface area contributed by atoms with E-state index in [1.807, 2.05) is 19.0 Å². The summed E-state index contributed by atoms with van der Waals surface area (Å²) in [7, 11) is 6.67. The average molecular weight is 266 g/mol. The highest BCUT2D eigenvalue weighted by atomic mass is 16.7. The van der Waals surface area contributed by atoms with Gasteiger partial charge in [-0.25, -0.2) is 0 Å². The van der Waals surface area contributed by atoms with Gasteiger partial charge in [-0.3, -0.25) is 10.1 Å². The number of hydrogen-bond donors (Lipinski definition) is 0. The quantitative estimate of drug-likeness (QED) is 0.449. The molecule has 6 heteroatoms. The maximum atomic E-state index is 11.1. The molecule has 0 fully saturated rings. The van der Waals surface area contributed by atoms with Gasteiger partial charge in [0.05, 0.1) is 10.5 Å². The fraction of sp³-hybridized carbons (Fsp3) is 0.385. The molecule has 0 heterocycles. The lowest BCUT2D eigenvalue weighted by Gasteiger charge is -2.13. The van der Waals surface area contributed by atoms with E-state index < -0.39 is 11.2 Å². The minimum Gasteiger partial charge on any atom is -0.383 e. The third-order valence-corrected chi connectivity index (χ3v) is 2.50. The first kappa shape index (κ1) is 15.1. The molecule has 0 amide bonds. The lowest BCUT2D eigenvalue weighted by atomic mass is 10.1. The Morgan fingerprint density at radius 3 is 2.42 bits per heavy atom. The zero-order chi connectivity index (χ0) is 14.4. The van der Waals surface area contributed by atoms with Crippen molar-refractivity contribution in [1.29, 1.82) is 0 Å². The largest absolute Gasteiger partial charge is 0.383 e. The Hall–Kier alpha value is -1.92. The van der Waals surface area contributed by atoms with Crippen LogP contribution in [0.3, 0.4) is 0 Å². The van der Waals surface area contributed by atoms with Crippen molar-refractivity contribution < 1.29 is 14.4 Å². The molecule has 0 spiro atoms. The molecule has 0 radical (unpaired) electrons. The normalized spacial score (nSPS) is 11.2. The van der Waals surface area contributed by atoms with Gasteiger partial charge in [-0.05, 0) is 18.3 Å². The third-order valence-electron chi connectivity index (χ3n) is 2.50. The van der Waals surface area contributed by atoms with Crippen LogP contribution in [0.2, 0.25) is 0 Å². The summed E-state index contributed by atoms with van der Waals surface area (Å²) < 4.78 is 10.2. The smallest absolute Gasteiger partial charge is 0.277 e. The van der Waals surface area contributed by atoms with Gasteiger partial charge in [0.15, 0.2) is 6.29 Å². The minimum atomic E-state index is -0.606. The van der Waals surface area contributed by atoms with Crippen LogP contribution in [0.5, 0.6) is 0 Å². The summed E-state index contributed by atoms with van der Waals surface area (Å²) in [5.74, 6) is 0. The number of rotatable bonds is 6. The third kappa shape index (κ3) is 4.04. The number of methoxy groups -OCH3 is 2. The predicted octanol–water partition coefficient (Wildman–Crippen LogP) is 2.42.